The molecule has 2 N–H and O–H groups in total. The molecule has 5 aliphatic rings. The molecule has 9 rings (SSSR count). The summed E-state index contributed by atoms with van der Waals surface area (Å²) in [6, 6.07) is 11.1. The Morgan fingerprint density at radius 2 is 1.78 bits per heavy atom. The van der Waals surface area contributed by atoms with E-state index in [9.17, 15) is 18.4 Å². The molecule has 2 saturated carbocycles. The maximum atomic E-state index is 14.1. The Hall–Kier alpha value is -4.78. The number of halogens is 2. The van der Waals surface area contributed by atoms with Crippen LogP contribution in [0.3, 0.4) is 0 Å². The molecule has 54 heavy (non-hydrogen) atoms. The van der Waals surface area contributed by atoms with E-state index in [1.54, 1.807) is 66.3 Å². The number of alkyl halides is 2. The van der Waals surface area contributed by atoms with Crippen LogP contribution in [0.15, 0.2) is 48.8 Å². The van der Waals surface area contributed by atoms with Crippen molar-refractivity contribution in [1.82, 2.24) is 29.8 Å². The molecular formula is C41H49F2N7O4. The molecule has 11 nitrogen and oxygen atoms in total. The molecule has 1 amide bonds. The number of aromatic nitrogens is 4. The van der Waals surface area contributed by atoms with Gasteiger partial charge in [-0.05, 0) is 86.1 Å². The molecule has 0 unspecified atom stereocenters. The van der Waals surface area contributed by atoms with E-state index in [-0.39, 0.29) is 11.5 Å². The summed E-state index contributed by atoms with van der Waals surface area (Å²) in [7, 11) is 1.77. The Labute approximate surface area is 314 Å². The van der Waals surface area contributed by atoms with Crippen LogP contribution >= 0.6 is 0 Å². The topological polar surface area (TPSA) is 120 Å². The van der Waals surface area contributed by atoms with E-state index < -0.39 is 12.4 Å². The number of anilines is 2. The van der Waals surface area contributed by atoms with Gasteiger partial charge in [0.05, 0.1) is 24.4 Å². The molecule has 13 heteroatoms. The maximum Gasteiger partial charge on any atom is 0.335 e. The van der Waals surface area contributed by atoms with E-state index in [1.807, 2.05) is 11.0 Å². The molecule has 3 fully saturated rings. The molecule has 2 aliphatic carbocycles. The van der Waals surface area contributed by atoms with E-state index >= 15 is 0 Å². The van der Waals surface area contributed by atoms with E-state index in [0.29, 0.717) is 54.3 Å². The van der Waals surface area contributed by atoms with Crippen molar-refractivity contribution < 1.29 is 28.2 Å². The van der Waals surface area contributed by atoms with Gasteiger partial charge in [-0.3, -0.25) is 19.5 Å². The van der Waals surface area contributed by atoms with Gasteiger partial charge in [-0.1, -0.05) is 19.3 Å². The number of ether oxygens (including phenoxy) is 1. The van der Waals surface area contributed by atoms with E-state index in [2.05, 4.69) is 20.2 Å². The van der Waals surface area contributed by atoms with Gasteiger partial charge in [-0.15, -0.1) is 0 Å². The van der Waals surface area contributed by atoms with Crippen LogP contribution < -0.4 is 9.64 Å². The molecule has 1 spiro atoms. The van der Waals surface area contributed by atoms with Gasteiger partial charge in [0, 0.05) is 92.3 Å². The SMILES string of the molecule is CC(=O)N1CCc2[nH]nc(N3CCCc4cc(-c5cnn(C)c5)c(C(F)F)cc43)c2C1.O=C(O)c1ccc(OC2CC3(C2)CN(C2CCCCC2)C3)cc1. The number of carboxylic acids is 1. The van der Waals surface area contributed by atoms with Crippen molar-refractivity contribution in [3.63, 3.8) is 0 Å². The normalized spacial score (nSPS) is 19.7. The van der Waals surface area contributed by atoms with Gasteiger partial charge in [0.2, 0.25) is 5.91 Å². The molecule has 3 aliphatic heterocycles. The number of nitrogens with one attached hydrogen (secondary N) is 1. The van der Waals surface area contributed by atoms with E-state index in [0.717, 1.165) is 65.8 Å². The third kappa shape index (κ3) is 7.22. The van der Waals surface area contributed by atoms with Crippen molar-refractivity contribution in [1.29, 1.82) is 0 Å². The Kier molecular flexibility index (Phi) is 9.93. The molecule has 0 atom stereocenters. The van der Waals surface area contributed by atoms with Gasteiger partial charge >= 0.3 is 5.97 Å². The first-order chi connectivity index (χ1) is 26.1. The number of amides is 1. The minimum Gasteiger partial charge on any atom is -0.490 e. The lowest BCUT2D eigenvalue weighted by atomic mass is 9.61. The smallest absolute Gasteiger partial charge is 0.335 e. The molecule has 0 bridgehead atoms. The predicted molar refractivity (Wildman–Crippen MR) is 200 cm³/mol. The standard InChI is InChI=1S/C22H24F2N6O.C19H25NO3/c1-13(31)29-7-5-19-18(12-29)22(27-26-19)30-6-3-4-14-8-16(15-10-25-28(2)11-15)17(21(23)24)9-20(14)30;21-18(22)14-6-8-16(9-7-14)23-17-10-19(11-17)12-20(13-19)15-4-2-1-3-5-15/h8-11,21H,3-7,12H2,1-2H3,(H,26,27);6-9,15,17H,1-5,10-13H2,(H,21,22). The molecule has 1 saturated heterocycles. The van der Waals surface area contributed by atoms with Crippen molar-refractivity contribution in [2.24, 2.45) is 12.5 Å². The highest BCUT2D eigenvalue weighted by atomic mass is 19.3. The number of carbonyl (C=O) groups excluding carboxylic acids is 1. The van der Waals surface area contributed by atoms with Gasteiger partial charge in [-0.2, -0.15) is 10.2 Å². The maximum absolute atomic E-state index is 14.1. The van der Waals surface area contributed by atoms with Crippen molar-refractivity contribution in [2.45, 2.75) is 96.2 Å². The second kappa shape index (κ2) is 14.8. The van der Waals surface area contributed by atoms with Crippen LogP contribution in [0.25, 0.3) is 11.1 Å². The number of aryl methyl sites for hydroxylation is 2. The number of carbonyl (C=O) groups is 2. The number of hydrogen-bond acceptors (Lipinski definition) is 7. The summed E-state index contributed by atoms with van der Waals surface area (Å²) in [6.07, 6.45) is 12.8. The minimum absolute atomic E-state index is 0.00610. The first-order valence-corrected chi connectivity index (χ1v) is 19.3. The summed E-state index contributed by atoms with van der Waals surface area (Å²) in [6.45, 7) is 5.92. The summed E-state index contributed by atoms with van der Waals surface area (Å²) in [5.74, 6) is 0.656. The summed E-state index contributed by atoms with van der Waals surface area (Å²) < 4.78 is 35.7. The molecule has 0 radical (unpaired) electrons. The monoisotopic (exact) mass is 741 g/mol. The lowest BCUT2D eigenvalue weighted by molar-refractivity contribution is -0.137. The van der Waals surface area contributed by atoms with Crippen LogP contribution in [0, 0.1) is 5.41 Å². The second-order valence-electron chi connectivity index (χ2n) is 15.9. The van der Waals surface area contributed by atoms with Crippen molar-refractivity contribution in [3.8, 4) is 16.9 Å². The first-order valence-electron chi connectivity index (χ1n) is 19.3. The predicted octanol–water partition coefficient (Wildman–Crippen LogP) is 7.30. The van der Waals surface area contributed by atoms with Crippen LogP contribution in [0.2, 0.25) is 0 Å². The van der Waals surface area contributed by atoms with Crippen LogP contribution in [0.1, 0.15) is 97.5 Å². The fourth-order valence-electron chi connectivity index (χ4n) is 9.27. The number of benzene rings is 2. The fourth-order valence-corrected chi connectivity index (χ4v) is 9.27. The number of nitrogens with zero attached hydrogens (tertiary/aromatic N) is 6. The zero-order valence-corrected chi connectivity index (χ0v) is 31.1. The number of likely N-dealkylation sites (tertiary alicyclic amines) is 1. The Bertz CT molecular complexity index is 1990. The third-order valence-electron chi connectivity index (χ3n) is 12.1. The van der Waals surface area contributed by atoms with E-state index in [4.69, 9.17) is 9.84 Å². The van der Waals surface area contributed by atoms with Gasteiger partial charge < -0.3 is 19.6 Å². The highest BCUT2D eigenvalue weighted by Gasteiger charge is 2.54. The van der Waals surface area contributed by atoms with Crippen molar-refractivity contribution >= 4 is 23.4 Å². The van der Waals surface area contributed by atoms with Gasteiger partial charge in [0.15, 0.2) is 5.82 Å². The third-order valence-corrected chi connectivity index (χ3v) is 12.1. The van der Waals surface area contributed by atoms with E-state index in [1.165, 1.54) is 45.2 Å². The average Bonchev–Trinajstić information content (AvgIpc) is 3.78. The second-order valence-corrected chi connectivity index (χ2v) is 15.9. The van der Waals surface area contributed by atoms with Crippen LogP contribution in [0.4, 0.5) is 20.3 Å². The number of aromatic carboxylic acids is 1. The molecule has 4 aromatic rings. The molecular weight excluding hydrogens is 692 g/mol. The zero-order valence-electron chi connectivity index (χ0n) is 31.1. The number of rotatable bonds is 7. The highest BCUT2D eigenvalue weighted by Crippen LogP contribution is 2.51. The Morgan fingerprint density at radius 1 is 1.02 bits per heavy atom. The minimum atomic E-state index is -2.61. The highest BCUT2D eigenvalue weighted by molar-refractivity contribution is 5.87. The molecule has 2 aromatic carbocycles. The lowest BCUT2D eigenvalue weighted by Gasteiger charge is -2.61. The Balaban J connectivity index is 0.000000160. The number of H-pyrrole nitrogens is 1. The van der Waals surface area contributed by atoms with Crippen molar-refractivity contribution in [2.75, 3.05) is 31.1 Å². The quantitative estimate of drug-likeness (QED) is 0.203. The fraction of sp³-hybridized carbons (Fsp3) is 0.512. The number of hydrogen-bond donors (Lipinski definition) is 2. The lowest BCUT2D eigenvalue weighted by Crippen LogP contribution is -2.66. The molecule has 286 valence electrons. The number of aromatic amines is 1. The molecule has 5 heterocycles. The summed E-state index contributed by atoms with van der Waals surface area (Å²) in [4.78, 5) is 29.3. The van der Waals surface area contributed by atoms with Crippen LogP contribution in [-0.4, -0.2) is 85.1 Å². The van der Waals surface area contributed by atoms with Gasteiger partial charge in [0.25, 0.3) is 6.43 Å². The summed E-state index contributed by atoms with van der Waals surface area (Å²) in [5.41, 5.74) is 5.81. The van der Waals surface area contributed by atoms with Crippen molar-refractivity contribution in [3.05, 3.63) is 76.7 Å². The number of fused-ring (bicyclic) bond motifs is 2. The van der Waals surface area contributed by atoms with Crippen LogP contribution in [-0.2, 0) is 31.2 Å². The number of carboxylic acid groups (broad SMARTS) is 1. The summed E-state index contributed by atoms with van der Waals surface area (Å²) >= 11 is 0. The Morgan fingerprint density at radius 3 is 2.44 bits per heavy atom. The van der Waals surface area contributed by atoms with Gasteiger partial charge in [-0.25, -0.2) is 13.6 Å². The first kappa shape index (κ1) is 36.2. The molecule has 2 aromatic heterocycles. The zero-order chi connectivity index (χ0) is 37.6. The van der Waals surface area contributed by atoms with Gasteiger partial charge in [0.1, 0.15) is 5.75 Å². The van der Waals surface area contributed by atoms with Crippen LogP contribution in [0.5, 0.6) is 5.75 Å². The summed E-state index contributed by atoms with van der Waals surface area (Å²) in [5, 5.41) is 20.7. The average molecular weight is 742 g/mol. The largest absolute Gasteiger partial charge is 0.490 e.